The molecular formula is C16H21N3O. The molecule has 106 valence electrons. The molecule has 0 atom stereocenters. The first-order valence-electron chi connectivity index (χ1n) is 6.71. The number of amides is 1. The van der Waals surface area contributed by atoms with Crippen LogP contribution < -0.4 is 11.1 Å². The van der Waals surface area contributed by atoms with Crippen molar-refractivity contribution in [3.63, 3.8) is 0 Å². The highest BCUT2D eigenvalue weighted by Gasteiger charge is 2.08. The maximum absolute atomic E-state index is 11.1. The summed E-state index contributed by atoms with van der Waals surface area (Å²) >= 11 is 0. The van der Waals surface area contributed by atoms with Gasteiger partial charge in [0.15, 0.2) is 0 Å². The molecule has 3 N–H and O–H groups in total. The van der Waals surface area contributed by atoms with Crippen molar-refractivity contribution in [1.82, 2.24) is 4.57 Å². The number of nitrogens with zero attached hydrogens (tertiary/aromatic N) is 1. The Balaban J connectivity index is 2.14. The second-order valence-corrected chi connectivity index (χ2v) is 5.11. The van der Waals surface area contributed by atoms with Gasteiger partial charge in [-0.15, -0.1) is 0 Å². The lowest BCUT2D eigenvalue weighted by Gasteiger charge is -2.11. The van der Waals surface area contributed by atoms with E-state index in [-0.39, 0.29) is 12.3 Å². The van der Waals surface area contributed by atoms with Crippen LogP contribution in [-0.2, 0) is 24.8 Å². The third-order valence-electron chi connectivity index (χ3n) is 3.73. The van der Waals surface area contributed by atoms with Crippen LogP contribution in [0.4, 0.5) is 5.69 Å². The van der Waals surface area contributed by atoms with Crippen LogP contribution in [0.5, 0.6) is 0 Å². The first-order valence-corrected chi connectivity index (χ1v) is 6.71. The standard InChI is InChI=1S/C16H21N3O/c1-11-8-14(12(2)19(11)3)10-18-15-7-5-4-6-13(15)9-16(17)20/h4-8,18H,9-10H2,1-3H3,(H2,17,20). The monoisotopic (exact) mass is 271 g/mol. The van der Waals surface area contributed by atoms with Crippen molar-refractivity contribution in [2.24, 2.45) is 12.8 Å². The Morgan fingerprint density at radius 1 is 1.25 bits per heavy atom. The number of anilines is 1. The van der Waals surface area contributed by atoms with Gasteiger partial charge in [0.1, 0.15) is 0 Å². The van der Waals surface area contributed by atoms with Crippen molar-refractivity contribution in [1.29, 1.82) is 0 Å². The number of aromatic nitrogens is 1. The molecule has 20 heavy (non-hydrogen) atoms. The predicted octanol–water partition coefficient (Wildman–Crippen LogP) is 2.28. The molecule has 0 spiro atoms. The molecule has 0 aliphatic heterocycles. The summed E-state index contributed by atoms with van der Waals surface area (Å²) in [6.07, 6.45) is 0.260. The van der Waals surface area contributed by atoms with Gasteiger partial charge in [-0.25, -0.2) is 0 Å². The first kappa shape index (κ1) is 14.2. The zero-order valence-corrected chi connectivity index (χ0v) is 12.2. The second-order valence-electron chi connectivity index (χ2n) is 5.11. The molecule has 1 amide bonds. The van der Waals surface area contributed by atoms with E-state index in [0.717, 1.165) is 17.8 Å². The van der Waals surface area contributed by atoms with E-state index in [1.807, 2.05) is 24.3 Å². The minimum Gasteiger partial charge on any atom is -0.381 e. The fourth-order valence-electron chi connectivity index (χ4n) is 2.34. The molecule has 4 nitrogen and oxygen atoms in total. The maximum Gasteiger partial charge on any atom is 0.221 e. The molecule has 0 bridgehead atoms. The third-order valence-corrected chi connectivity index (χ3v) is 3.73. The summed E-state index contributed by atoms with van der Waals surface area (Å²) in [5.74, 6) is -0.314. The number of carbonyl (C=O) groups is 1. The number of hydrogen-bond acceptors (Lipinski definition) is 2. The van der Waals surface area contributed by atoms with Gasteiger partial charge in [0.05, 0.1) is 6.42 Å². The topological polar surface area (TPSA) is 60.0 Å². The number of carbonyl (C=O) groups excluding carboxylic acids is 1. The number of nitrogens with two attached hydrogens (primary N) is 1. The van der Waals surface area contributed by atoms with Crippen molar-refractivity contribution >= 4 is 11.6 Å². The summed E-state index contributed by atoms with van der Waals surface area (Å²) in [6, 6.07) is 9.95. The molecule has 2 aromatic rings. The Labute approximate surface area is 119 Å². The van der Waals surface area contributed by atoms with Crippen LogP contribution in [0.25, 0.3) is 0 Å². The lowest BCUT2D eigenvalue weighted by atomic mass is 10.1. The number of aryl methyl sites for hydroxylation is 1. The van der Waals surface area contributed by atoms with Crippen LogP contribution >= 0.6 is 0 Å². The van der Waals surface area contributed by atoms with Crippen molar-refractivity contribution < 1.29 is 4.79 Å². The highest BCUT2D eigenvalue weighted by atomic mass is 16.1. The van der Waals surface area contributed by atoms with Crippen LogP contribution in [0.1, 0.15) is 22.5 Å². The minimum absolute atomic E-state index is 0.260. The van der Waals surface area contributed by atoms with Gasteiger partial charge in [-0.2, -0.15) is 0 Å². The van der Waals surface area contributed by atoms with Crippen LogP contribution in [0.15, 0.2) is 30.3 Å². The van der Waals surface area contributed by atoms with Gasteiger partial charge in [-0.1, -0.05) is 18.2 Å². The van der Waals surface area contributed by atoms with E-state index in [1.54, 1.807) is 0 Å². The van der Waals surface area contributed by atoms with Crippen LogP contribution in [-0.4, -0.2) is 10.5 Å². The summed E-state index contributed by atoms with van der Waals surface area (Å²) in [4.78, 5) is 11.1. The summed E-state index contributed by atoms with van der Waals surface area (Å²) in [5.41, 5.74) is 10.9. The number of nitrogens with one attached hydrogen (secondary N) is 1. The second kappa shape index (κ2) is 5.82. The van der Waals surface area contributed by atoms with E-state index in [2.05, 4.69) is 36.8 Å². The molecule has 0 fully saturated rings. The Hall–Kier alpha value is -2.23. The molecule has 0 saturated heterocycles. The largest absolute Gasteiger partial charge is 0.381 e. The number of primary amides is 1. The summed E-state index contributed by atoms with van der Waals surface area (Å²) in [7, 11) is 2.06. The van der Waals surface area contributed by atoms with E-state index >= 15 is 0 Å². The molecular weight excluding hydrogens is 250 g/mol. The van der Waals surface area contributed by atoms with Gasteiger partial charge >= 0.3 is 0 Å². The van der Waals surface area contributed by atoms with Gasteiger partial charge in [0, 0.05) is 30.7 Å². The Bertz CT molecular complexity index is 629. The fourth-order valence-corrected chi connectivity index (χ4v) is 2.34. The molecule has 1 aromatic carbocycles. The minimum atomic E-state index is -0.314. The molecule has 1 heterocycles. The molecule has 0 aliphatic rings. The number of rotatable bonds is 5. The van der Waals surface area contributed by atoms with Crippen LogP contribution in [0.2, 0.25) is 0 Å². The number of hydrogen-bond donors (Lipinski definition) is 2. The summed E-state index contributed by atoms with van der Waals surface area (Å²) in [6.45, 7) is 4.94. The van der Waals surface area contributed by atoms with E-state index in [1.165, 1.54) is 17.0 Å². The predicted molar refractivity (Wildman–Crippen MR) is 81.6 cm³/mol. The van der Waals surface area contributed by atoms with E-state index in [9.17, 15) is 4.79 Å². The van der Waals surface area contributed by atoms with Crippen LogP contribution in [0.3, 0.4) is 0 Å². The van der Waals surface area contributed by atoms with Crippen molar-refractivity contribution in [3.8, 4) is 0 Å². The van der Waals surface area contributed by atoms with Crippen molar-refractivity contribution in [2.45, 2.75) is 26.8 Å². The highest BCUT2D eigenvalue weighted by molar-refractivity contribution is 5.78. The molecule has 0 saturated carbocycles. The van der Waals surface area contributed by atoms with E-state index < -0.39 is 0 Å². The average Bonchev–Trinajstić information content (AvgIpc) is 2.65. The van der Waals surface area contributed by atoms with Gasteiger partial charge < -0.3 is 15.6 Å². The van der Waals surface area contributed by atoms with E-state index in [4.69, 9.17) is 5.73 Å². The van der Waals surface area contributed by atoms with Gasteiger partial charge in [0.25, 0.3) is 0 Å². The molecule has 0 radical (unpaired) electrons. The lowest BCUT2D eigenvalue weighted by molar-refractivity contribution is -0.117. The maximum atomic E-state index is 11.1. The normalized spacial score (nSPS) is 10.6. The summed E-state index contributed by atoms with van der Waals surface area (Å²) in [5, 5.41) is 3.40. The highest BCUT2D eigenvalue weighted by Crippen LogP contribution is 2.19. The van der Waals surface area contributed by atoms with Crippen molar-refractivity contribution in [3.05, 3.63) is 52.8 Å². The van der Waals surface area contributed by atoms with Crippen molar-refractivity contribution in [2.75, 3.05) is 5.32 Å². The molecule has 0 unspecified atom stereocenters. The SMILES string of the molecule is Cc1cc(CNc2ccccc2CC(N)=O)c(C)n1C. The van der Waals surface area contributed by atoms with E-state index in [0.29, 0.717) is 0 Å². The molecule has 4 heteroatoms. The molecule has 1 aromatic heterocycles. The zero-order chi connectivity index (χ0) is 14.7. The Kier molecular flexibility index (Phi) is 4.13. The third kappa shape index (κ3) is 3.02. The number of benzene rings is 1. The fraction of sp³-hybridized carbons (Fsp3) is 0.312. The zero-order valence-electron chi connectivity index (χ0n) is 12.2. The Morgan fingerprint density at radius 2 is 1.95 bits per heavy atom. The molecule has 0 aliphatic carbocycles. The summed E-state index contributed by atoms with van der Waals surface area (Å²) < 4.78 is 2.17. The van der Waals surface area contributed by atoms with Gasteiger partial charge in [-0.3, -0.25) is 4.79 Å². The average molecular weight is 271 g/mol. The smallest absolute Gasteiger partial charge is 0.221 e. The van der Waals surface area contributed by atoms with Gasteiger partial charge in [0.2, 0.25) is 5.91 Å². The van der Waals surface area contributed by atoms with Crippen LogP contribution in [0, 0.1) is 13.8 Å². The first-order chi connectivity index (χ1) is 9.49. The Morgan fingerprint density at radius 3 is 2.55 bits per heavy atom. The van der Waals surface area contributed by atoms with Gasteiger partial charge in [-0.05, 0) is 37.1 Å². The quantitative estimate of drug-likeness (QED) is 0.876. The number of para-hydroxylation sites is 1. The lowest BCUT2D eigenvalue weighted by Crippen LogP contribution is -2.15. The molecule has 2 rings (SSSR count).